The van der Waals surface area contributed by atoms with Gasteiger partial charge in [-0.25, -0.2) is 0 Å². The Balaban J connectivity index is 1.75. The van der Waals surface area contributed by atoms with Crippen LogP contribution < -0.4 is 9.80 Å². The largest absolute Gasteiger partial charge is 0.304 e. The summed E-state index contributed by atoms with van der Waals surface area (Å²) in [5, 5.41) is 1.56. The summed E-state index contributed by atoms with van der Waals surface area (Å²) in [6, 6.07) is 18.5. The number of halogens is 3. The molecule has 1 aliphatic rings. The molecule has 0 N–H and O–H groups in total. The molecular weight excluding hydrogens is 443 g/mol. The van der Waals surface area contributed by atoms with Crippen LogP contribution in [0.3, 0.4) is 0 Å². The van der Waals surface area contributed by atoms with E-state index in [9.17, 15) is 9.59 Å². The van der Waals surface area contributed by atoms with Crippen molar-refractivity contribution in [2.75, 3.05) is 9.80 Å². The van der Waals surface area contributed by atoms with E-state index in [2.05, 4.69) is 0 Å². The lowest BCUT2D eigenvalue weighted by Crippen LogP contribution is -2.54. The maximum Gasteiger partial charge on any atom is 0.259 e. The SMILES string of the molecule is C[C@@H]1C(=O)N(Cc2ccc(Cl)cc2Cl)c2ccccc2N1C(=O)c1ccc(Cl)cc1. The van der Waals surface area contributed by atoms with Gasteiger partial charge in [0.15, 0.2) is 0 Å². The highest BCUT2D eigenvalue weighted by molar-refractivity contribution is 6.35. The Kier molecular flexibility index (Phi) is 5.74. The summed E-state index contributed by atoms with van der Waals surface area (Å²) >= 11 is 18.3. The van der Waals surface area contributed by atoms with E-state index in [1.54, 1.807) is 54.3 Å². The zero-order chi connectivity index (χ0) is 21.4. The molecule has 0 aliphatic carbocycles. The molecule has 0 radical (unpaired) electrons. The first kappa shape index (κ1) is 20.7. The number of nitrogens with zero attached hydrogens (tertiary/aromatic N) is 2. The molecule has 4 rings (SSSR count). The Morgan fingerprint density at radius 1 is 0.900 bits per heavy atom. The van der Waals surface area contributed by atoms with Crippen LogP contribution in [-0.2, 0) is 11.3 Å². The summed E-state index contributed by atoms with van der Waals surface area (Å²) in [6.45, 7) is 2.00. The van der Waals surface area contributed by atoms with Crippen LogP contribution in [0.2, 0.25) is 15.1 Å². The Morgan fingerprint density at radius 3 is 2.20 bits per heavy atom. The third kappa shape index (κ3) is 3.79. The summed E-state index contributed by atoms with van der Waals surface area (Å²) in [7, 11) is 0. The van der Waals surface area contributed by atoms with Gasteiger partial charge in [-0.05, 0) is 61.0 Å². The summed E-state index contributed by atoms with van der Waals surface area (Å²) in [4.78, 5) is 29.8. The van der Waals surface area contributed by atoms with Crippen LogP contribution in [0.1, 0.15) is 22.8 Å². The first-order valence-corrected chi connectivity index (χ1v) is 10.4. The number of hydrogen-bond acceptors (Lipinski definition) is 2. The second-order valence-corrected chi connectivity index (χ2v) is 8.29. The zero-order valence-electron chi connectivity index (χ0n) is 16.0. The number of carbonyl (C=O) groups is 2. The highest BCUT2D eigenvalue weighted by Crippen LogP contribution is 2.38. The maximum atomic E-state index is 13.3. The Labute approximate surface area is 189 Å². The van der Waals surface area contributed by atoms with Crippen LogP contribution in [0.15, 0.2) is 66.7 Å². The first-order chi connectivity index (χ1) is 14.4. The van der Waals surface area contributed by atoms with Gasteiger partial charge < -0.3 is 4.90 Å². The molecule has 1 atom stereocenters. The molecule has 30 heavy (non-hydrogen) atoms. The summed E-state index contributed by atoms with van der Waals surface area (Å²) < 4.78 is 0. The normalized spacial score (nSPS) is 15.9. The van der Waals surface area contributed by atoms with Crippen LogP contribution in [0.25, 0.3) is 0 Å². The molecule has 3 aromatic carbocycles. The number of fused-ring (bicyclic) bond motifs is 1. The van der Waals surface area contributed by atoms with Gasteiger partial charge >= 0.3 is 0 Å². The molecule has 0 unspecified atom stereocenters. The smallest absolute Gasteiger partial charge is 0.259 e. The monoisotopic (exact) mass is 458 g/mol. The minimum absolute atomic E-state index is 0.193. The molecule has 0 aromatic heterocycles. The van der Waals surface area contributed by atoms with Crippen molar-refractivity contribution in [3.63, 3.8) is 0 Å². The summed E-state index contributed by atoms with van der Waals surface area (Å²) in [5.41, 5.74) is 2.54. The molecule has 0 fully saturated rings. The highest BCUT2D eigenvalue weighted by Gasteiger charge is 2.39. The lowest BCUT2D eigenvalue weighted by molar-refractivity contribution is -0.119. The van der Waals surface area contributed by atoms with E-state index in [-0.39, 0.29) is 18.4 Å². The molecule has 3 aromatic rings. The quantitative estimate of drug-likeness (QED) is 0.466. The van der Waals surface area contributed by atoms with Gasteiger partial charge in [-0.15, -0.1) is 0 Å². The van der Waals surface area contributed by atoms with Gasteiger partial charge in [-0.1, -0.05) is 53.0 Å². The number of amides is 2. The molecule has 0 saturated carbocycles. The van der Waals surface area contributed by atoms with Crippen molar-refractivity contribution in [3.8, 4) is 0 Å². The van der Waals surface area contributed by atoms with Gasteiger partial charge in [0.05, 0.1) is 17.9 Å². The zero-order valence-corrected chi connectivity index (χ0v) is 18.2. The van der Waals surface area contributed by atoms with Gasteiger partial charge in [-0.3, -0.25) is 14.5 Å². The predicted molar refractivity (Wildman–Crippen MR) is 122 cm³/mol. The maximum absolute atomic E-state index is 13.3. The van der Waals surface area contributed by atoms with Crippen LogP contribution in [0.5, 0.6) is 0 Å². The first-order valence-electron chi connectivity index (χ1n) is 9.30. The minimum Gasteiger partial charge on any atom is -0.304 e. The van der Waals surface area contributed by atoms with Crippen molar-refractivity contribution in [2.45, 2.75) is 19.5 Å². The molecular formula is C23H17Cl3N2O2. The number of anilines is 2. The molecule has 1 heterocycles. The lowest BCUT2D eigenvalue weighted by atomic mass is 10.0. The molecule has 0 saturated heterocycles. The van der Waals surface area contributed by atoms with Crippen molar-refractivity contribution in [3.05, 3.63) is 92.9 Å². The average molecular weight is 460 g/mol. The number of hydrogen-bond donors (Lipinski definition) is 0. The fourth-order valence-electron chi connectivity index (χ4n) is 3.56. The molecule has 1 aliphatic heterocycles. The van der Waals surface area contributed by atoms with Crippen molar-refractivity contribution in [1.82, 2.24) is 0 Å². The van der Waals surface area contributed by atoms with E-state index in [1.807, 2.05) is 24.3 Å². The summed E-state index contributed by atoms with van der Waals surface area (Å²) in [5.74, 6) is -0.453. The lowest BCUT2D eigenvalue weighted by Gasteiger charge is -2.40. The second kappa shape index (κ2) is 8.31. The number of rotatable bonds is 3. The van der Waals surface area contributed by atoms with Crippen molar-refractivity contribution in [2.24, 2.45) is 0 Å². The predicted octanol–water partition coefficient (Wildman–Crippen LogP) is 6.23. The van der Waals surface area contributed by atoms with E-state index in [4.69, 9.17) is 34.8 Å². The third-order valence-electron chi connectivity index (χ3n) is 5.10. The molecule has 0 spiro atoms. The van der Waals surface area contributed by atoms with Crippen LogP contribution in [-0.4, -0.2) is 17.9 Å². The molecule has 152 valence electrons. The fourth-order valence-corrected chi connectivity index (χ4v) is 4.15. The van der Waals surface area contributed by atoms with Gasteiger partial charge in [0.2, 0.25) is 5.91 Å². The Morgan fingerprint density at radius 2 is 1.53 bits per heavy atom. The van der Waals surface area contributed by atoms with Gasteiger partial charge in [0.1, 0.15) is 6.04 Å². The third-order valence-corrected chi connectivity index (χ3v) is 5.94. The van der Waals surface area contributed by atoms with E-state index >= 15 is 0 Å². The van der Waals surface area contributed by atoms with Crippen LogP contribution in [0.4, 0.5) is 11.4 Å². The molecule has 0 bridgehead atoms. The van der Waals surface area contributed by atoms with E-state index < -0.39 is 6.04 Å². The van der Waals surface area contributed by atoms with E-state index in [0.29, 0.717) is 32.0 Å². The van der Waals surface area contributed by atoms with Crippen molar-refractivity contribution < 1.29 is 9.59 Å². The summed E-state index contributed by atoms with van der Waals surface area (Å²) in [6.07, 6.45) is 0. The van der Waals surface area contributed by atoms with Crippen molar-refractivity contribution in [1.29, 1.82) is 0 Å². The van der Waals surface area contributed by atoms with Crippen LogP contribution in [0, 0.1) is 0 Å². The number of para-hydroxylation sites is 2. The number of carbonyl (C=O) groups excluding carboxylic acids is 2. The van der Waals surface area contributed by atoms with Gasteiger partial charge in [0.25, 0.3) is 5.91 Å². The topological polar surface area (TPSA) is 40.6 Å². The van der Waals surface area contributed by atoms with Gasteiger partial charge in [0, 0.05) is 20.6 Å². The van der Waals surface area contributed by atoms with E-state index in [0.717, 1.165) is 5.56 Å². The molecule has 2 amide bonds. The minimum atomic E-state index is -0.686. The Bertz CT molecular complexity index is 1130. The van der Waals surface area contributed by atoms with E-state index in [1.165, 1.54) is 4.90 Å². The average Bonchev–Trinajstić information content (AvgIpc) is 2.73. The number of benzene rings is 3. The Hall–Kier alpha value is -2.53. The van der Waals surface area contributed by atoms with Gasteiger partial charge in [-0.2, -0.15) is 0 Å². The van der Waals surface area contributed by atoms with Crippen molar-refractivity contribution >= 4 is 58.0 Å². The standard InChI is InChI=1S/C23H17Cl3N2O2/c1-14-22(29)27(13-16-8-11-18(25)12-19(16)26)20-4-2-3-5-21(20)28(14)23(30)15-6-9-17(24)10-7-15/h2-12,14H,13H2,1H3/t14-/m1/s1. The second-order valence-electron chi connectivity index (χ2n) is 7.01. The molecule has 4 nitrogen and oxygen atoms in total. The highest BCUT2D eigenvalue weighted by atomic mass is 35.5. The fraction of sp³-hybridized carbons (Fsp3) is 0.130. The van der Waals surface area contributed by atoms with Crippen LogP contribution >= 0.6 is 34.8 Å². The molecule has 7 heteroatoms.